The summed E-state index contributed by atoms with van der Waals surface area (Å²) >= 11 is 0. The molecule has 1 aromatic rings. The van der Waals surface area contributed by atoms with Crippen molar-refractivity contribution in [1.82, 2.24) is 0 Å². The molecule has 1 unspecified atom stereocenters. The van der Waals surface area contributed by atoms with Gasteiger partial charge in [0.05, 0.1) is 6.61 Å². The van der Waals surface area contributed by atoms with Gasteiger partial charge in [0.25, 0.3) is 0 Å². The highest BCUT2D eigenvalue weighted by atomic mass is 16.5. The summed E-state index contributed by atoms with van der Waals surface area (Å²) in [6, 6.07) is 6.82. The molecule has 96 valence electrons. The highest BCUT2D eigenvalue weighted by Crippen LogP contribution is 2.37. The predicted octanol–water partition coefficient (Wildman–Crippen LogP) is 1.61. The first kappa shape index (κ1) is 12.6. The minimum absolute atomic E-state index is 0.242. The van der Waals surface area contributed by atoms with Crippen molar-refractivity contribution in [3.8, 4) is 5.75 Å². The van der Waals surface area contributed by atoms with Gasteiger partial charge in [-0.25, -0.2) is 0 Å². The molecular weight excluding hydrogens is 230 g/mol. The number of carbonyl (C=O) groups excluding carboxylic acids is 1. The van der Waals surface area contributed by atoms with Gasteiger partial charge in [0, 0.05) is 11.5 Å². The van der Waals surface area contributed by atoms with Crippen LogP contribution < -0.4 is 10.5 Å². The minimum atomic E-state index is -0.734. The quantitative estimate of drug-likeness (QED) is 0.651. The largest absolute Gasteiger partial charge is 0.489 e. The van der Waals surface area contributed by atoms with Gasteiger partial charge in [0.2, 0.25) is 0 Å². The fourth-order valence-corrected chi connectivity index (χ4v) is 2.17. The Morgan fingerprint density at radius 1 is 1.61 bits per heavy atom. The summed E-state index contributed by atoms with van der Waals surface area (Å²) in [5, 5.41) is 0. The fourth-order valence-electron chi connectivity index (χ4n) is 2.17. The first-order valence-electron chi connectivity index (χ1n) is 5.96. The van der Waals surface area contributed by atoms with Gasteiger partial charge in [0.15, 0.2) is 0 Å². The molecule has 2 N–H and O–H groups in total. The van der Waals surface area contributed by atoms with Crippen LogP contribution in [0.3, 0.4) is 0 Å². The summed E-state index contributed by atoms with van der Waals surface area (Å²) < 4.78 is 10.5. The van der Waals surface area contributed by atoms with E-state index in [1.807, 2.05) is 24.3 Å². The maximum absolute atomic E-state index is 11.8. The van der Waals surface area contributed by atoms with Crippen LogP contribution in [0.1, 0.15) is 18.4 Å². The maximum atomic E-state index is 11.8. The van der Waals surface area contributed by atoms with Gasteiger partial charge in [-0.05, 0) is 18.6 Å². The lowest BCUT2D eigenvalue weighted by Gasteiger charge is -2.30. The van der Waals surface area contributed by atoms with Crippen molar-refractivity contribution >= 4 is 5.97 Å². The van der Waals surface area contributed by atoms with Gasteiger partial charge >= 0.3 is 5.97 Å². The summed E-state index contributed by atoms with van der Waals surface area (Å²) in [6.07, 6.45) is 0. The molecule has 4 nitrogen and oxygen atoms in total. The van der Waals surface area contributed by atoms with E-state index in [0.717, 1.165) is 16.9 Å². The predicted molar refractivity (Wildman–Crippen MR) is 68.4 cm³/mol. The van der Waals surface area contributed by atoms with Gasteiger partial charge in [-0.15, -0.1) is 0 Å². The number of esters is 1. The number of ether oxygens (including phenoxy) is 2. The zero-order valence-corrected chi connectivity index (χ0v) is 10.4. The molecule has 0 fully saturated rings. The topological polar surface area (TPSA) is 61.5 Å². The Morgan fingerprint density at radius 3 is 3.06 bits per heavy atom. The third-order valence-electron chi connectivity index (χ3n) is 3.02. The summed E-state index contributed by atoms with van der Waals surface area (Å²) in [6.45, 7) is 6.41. The summed E-state index contributed by atoms with van der Waals surface area (Å²) in [5.74, 6) is 0.115. The summed E-state index contributed by atoms with van der Waals surface area (Å²) in [5.41, 5.74) is 7.69. The molecule has 1 aliphatic rings. The van der Waals surface area contributed by atoms with E-state index in [0.29, 0.717) is 13.2 Å². The van der Waals surface area contributed by atoms with E-state index < -0.39 is 12.0 Å². The molecule has 2 rings (SSSR count). The van der Waals surface area contributed by atoms with Gasteiger partial charge in [-0.1, -0.05) is 24.8 Å². The monoisotopic (exact) mass is 247 g/mol. The Balaban J connectivity index is 2.31. The highest BCUT2D eigenvalue weighted by Gasteiger charge is 2.34. The molecule has 4 heteroatoms. The Labute approximate surface area is 106 Å². The molecule has 0 radical (unpaired) electrons. The Kier molecular flexibility index (Phi) is 3.67. The zero-order valence-electron chi connectivity index (χ0n) is 10.4. The Morgan fingerprint density at radius 2 is 2.33 bits per heavy atom. The molecule has 1 aromatic carbocycles. The third kappa shape index (κ3) is 2.24. The number of nitrogens with two attached hydrogens (primary N) is 1. The maximum Gasteiger partial charge on any atom is 0.323 e. The molecular formula is C14H17NO3. The van der Waals surface area contributed by atoms with Crippen molar-refractivity contribution in [3.05, 3.63) is 42.0 Å². The van der Waals surface area contributed by atoms with Crippen LogP contribution in [-0.4, -0.2) is 25.2 Å². The summed E-state index contributed by atoms with van der Waals surface area (Å²) in [7, 11) is 0. The van der Waals surface area contributed by atoms with E-state index in [1.165, 1.54) is 0 Å². The van der Waals surface area contributed by atoms with Gasteiger partial charge in [0.1, 0.15) is 18.4 Å². The van der Waals surface area contributed by atoms with Crippen LogP contribution in [0.15, 0.2) is 36.4 Å². The number of fused-ring (bicyclic) bond motifs is 1. The first-order chi connectivity index (χ1) is 8.65. The lowest BCUT2D eigenvalue weighted by molar-refractivity contribution is -0.145. The van der Waals surface area contributed by atoms with Gasteiger partial charge in [-0.2, -0.15) is 0 Å². The molecule has 0 aliphatic carbocycles. The molecule has 18 heavy (non-hydrogen) atoms. The average Bonchev–Trinajstić information content (AvgIpc) is 2.38. The lowest BCUT2D eigenvalue weighted by Crippen LogP contribution is -2.41. The van der Waals surface area contributed by atoms with Crippen molar-refractivity contribution in [2.75, 3.05) is 13.2 Å². The van der Waals surface area contributed by atoms with Gasteiger partial charge < -0.3 is 15.2 Å². The molecule has 0 spiro atoms. The van der Waals surface area contributed by atoms with Crippen molar-refractivity contribution in [2.24, 2.45) is 5.73 Å². The summed E-state index contributed by atoms with van der Waals surface area (Å²) in [4.78, 5) is 11.8. The van der Waals surface area contributed by atoms with Crippen LogP contribution in [0.2, 0.25) is 0 Å². The molecule has 0 saturated heterocycles. The lowest BCUT2D eigenvalue weighted by atomic mass is 9.84. The SMILES string of the molecule is C=C1COc2ccccc2C1[C@H](N)C(=O)OCC. The van der Waals surface area contributed by atoms with Crippen molar-refractivity contribution in [1.29, 1.82) is 0 Å². The van der Waals surface area contributed by atoms with E-state index in [9.17, 15) is 4.79 Å². The number of para-hydroxylation sites is 1. The number of hydrogen-bond donors (Lipinski definition) is 1. The van der Waals surface area contributed by atoms with E-state index in [-0.39, 0.29) is 5.92 Å². The van der Waals surface area contributed by atoms with E-state index in [2.05, 4.69) is 6.58 Å². The third-order valence-corrected chi connectivity index (χ3v) is 3.02. The molecule has 2 atom stereocenters. The van der Waals surface area contributed by atoms with E-state index in [1.54, 1.807) is 6.92 Å². The number of carbonyl (C=O) groups is 1. The van der Waals surface area contributed by atoms with Crippen LogP contribution in [0.4, 0.5) is 0 Å². The fraction of sp³-hybridized carbons (Fsp3) is 0.357. The molecule has 0 aromatic heterocycles. The van der Waals surface area contributed by atoms with Crippen LogP contribution >= 0.6 is 0 Å². The molecule has 0 amide bonds. The zero-order chi connectivity index (χ0) is 13.1. The Bertz CT molecular complexity index is 470. The molecule has 0 bridgehead atoms. The molecule has 1 heterocycles. The molecule has 0 saturated carbocycles. The second-order valence-electron chi connectivity index (χ2n) is 4.24. The van der Waals surface area contributed by atoms with Crippen LogP contribution in [0.5, 0.6) is 5.75 Å². The number of benzene rings is 1. The average molecular weight is 247 g/mol. The normalized spacial score (nSPS) is 19.7. The Hall–Kier alpha value is -1.81. The van der Waals surface area contributed by atoms with Crippen molar-refractivity contribution < 1.29 is 14.3 Å². The highest BCUT2D eigenvalue weighted by molar-refractivity contribution is 5.78. The first-order valence-corrected chi connectivity index (χ1v) is 5.96. The van der Waals surface area contributed by atoms with Crippen molar-refractivity contribution in [3.63, 3.8) is 0 Å². The second-order valence-corrected chi connectivity index (χ2v) is 4.24. The molecule has 1 aliphatic heterocycles. The van der Waals surface area contributed by atoms with Crippen LogP contribution in [0, 0.1) is 0 Å². The second kappa shape index (κ2) is 5.23. The van der Waals surface area contributed by atoms with Gasteiger partial charge in [-0.3, -0.25) is 4.79 Å². The standard InChI is InChI=1S/C14H17NO3/c1-3-17-14(16)13(15)12-9(2)8-18-11-7-5-4-6-10(11)12/h4-7,12-13H,2-3,8,15H2,1H3/t12?,13-/m0/s1. The van der Waals surface area contributed by atoms with Crippen LogP contribution in [-0.2, 0) is 9.53 Å². The van der Waals surface area contributed by atoms with E-state index in [4.69, 9.17) is 15.2 Å². The van der Waals surface area contributed by atoms with Crippen LogP contribution in [0.25, 0.3) is 0 Å². The van der Waals surface area contributed by atoms with E-state index >= 15 is 0 Å². The minimum Gasteiger partial charge on any atom is -0.489 e. The smallest absolute Gasteiger partial charge is 0.323 e. The van der Waals surface area contributed by atoms with Crippen molar-refractivity contribution in [2.45, 2.75) is 18.9 Å². The number of rotatable bonds is 3. The number of hydrogen-bond acceptors (Lipinski definition) is 4.